The monoisotopic (exact) mass is 264 g/mol. The number of thiophene rings is 1. The molecular weight excluding hydrogens is 256 g/mol. The smallest absolute Gasteiger partial charge is 0.351 e. The van der Waals surface area contributed by atoms with Crippen molar-refractivity contribution in [1.29, 1.82) is 0 Å². The van der Waals surface area contributed by atoms with E-state index in [9.17, 15) is 9.90 Å². The van der Waals surface area contributed by atoms with Crippen molar-refractivity contribution in [3.63, 3.8) is 0 Å². The third kappa shape index (κ3) is 1.43. The molecule has 0 bridgehead atoms. The van der Waals surface area contributed by atoms with Crippen molar-refractivity contribution in [3.8, 4) is 16.2 Å². The van der Waals surface area contributed by atoms with Crippen LogP contribution >= 0.6 is 22.7 Å². The van der Waals surface area contributed by atoms with Crippen molar-refractivity contribution in [2.24, 2.45) is 0 Å². The van der Waals surface area contributed by atoms with Crippen LogP contribution < -0.4 is 0 Å². The van der Waals surface area contributed by atoms with E-state index >= 15 is 0 Å². The molecule has 0 atom stereocenters. The van der Waals surface area contributed by atoms with Crippen LogP contribution in [0.4, 0.5) is 0 Å². The Morgan fingerprint density at radius 2 is 2.29 bits per heavy atom. The highest BCUT2D eigenvalue weighted by atomic mass is 32.1. The van der Waals surface area contributed by atoms with Crippen LogP contribution in [0, 0.1) is 0 Å². The molecule has 0 unspecified atom stereocenters. The van der Waals surface area contributed by atoms with Crippen LogP contribution in [0.15, 0.2) is 23.6 Å². The van der Waals surface area contributed by atoms with E-state index in [1.807, 2.05) is 23.6 Å². The topological polar surface area (TPSA) is 46.5 Å². The number of rotatable bonds is 1. The number of carbonyl (C=O) groups excluding carboxylic acids is 1. The molecular formula is C12H8O3S2. The van der Waals surface area contributed by atoms with E-state index in [2.05, 4.69) is 4.74 Å². The summed E-state index contributed by atoms with van der Waals surface area (Å²) < 4.78 is 5.56. The Morgan fingerprint density at radius 3 is 3.06 bits per heavy atom. The lowest BCUT2D eigenvalue weighted by molar-refractivity contribution is 0.0603. The lowest BCUT2D eigenvalue weighted by Crippen LogP contribution is -1.97. The van der Waals surface area contributed by atoms with Gasteiger partial charge >= 0.3 is 5.97 Å². The standard InChI is InChI=1S/C12H8O3S2/c1-15-12(14)11-9(13)8-7(17-11)5-6-3-2-4-16-10(6)8/h2-5,13H,1H3. The zero-order chi connectivity index (χ0) is 12.0. The third-order valence-corrected chi connectivity index (χ3v) is 4.67. The fourth-order valence-electron chi connectivity index (χ4n) is 1.84. The van der Waals surface area contributed by atoms with Crippen LogP contribution in [0.2, 0.25) is 0 Å². The zero-order valence-electron chi connectivity index (χ0n) is 8.89. The van der Waals surface area contributed by atoms with Crippen LogP contribution in [0.3, 0.4) is 0 Å². The SMILES string of the molecule is COC(=O)c1sc2cc3cccsc-3c2c1O. The van der Waals surface area contributed by atoms with Crippen LogP contribution in [-0.2, 0) is 4.74 Å². The van der Waals surface area contributed by atoms with Crippen molar-refractivity contribution in [3.05, 3.63) is 28.5 Å². The number of hydrogen-bond donors (Lipinski definition) is 1. The summed E-state index contributed by atoms with van der Waals surface area (Å²) in [6.07, 6.45) is 0. The molecule has 1 N–H and O–H groups in total. The molecule has 0 amide bonds. The van der Waals surface area contributed by atoms with Crippen molar-refractivity contribution in [1.82, 2.24) is 0 Å². The van der Waals surface area contributed by atoms with Gasteiger partial charge in [0.05, 0.1) is 12.5 Å². The molecule has 1 aliphatic carbocycles. The maximum atomic E-state index is 11.5. The first-order chi connectivity index (χ1) is 8.22. The van der Waals surface area contributed by atoms with Gasteiger partial charge in [0.15, 0.2) is 4.88 Å². The summed E-state index contributed by atoms with van der Waals surface area (Å²) in [5.41, 5.74) is 1.09. The third-order valence-electron chi connectivity index (χ3n) is 2.60. The van der Waals surface area contributed by atoms with Crippen molar-refractivity contribution < 1.29 is 14.6 Å². The number of aromatic hydroxyl groups is 1. The molecule has 3 nitrogen and oxygen atoms in total. The highest BCUT2D eigenvalue weighted by Gasteiger charge is 2.23. The van der Waals surface area contributed by atoms with Crippen molar-refractivity contribution in [2.45, 2.75) is 0 Å². The second kappa shape index (κ2) is 3.72. The van der Waals surface area contributed by atoms with E-state index in [0.29, 0.717) is 0 Å². The zero-order valence-corrected chi connectivity index (χ0v) is 10.5. The van der Waals surface area contributed by atoms with E-state index < -0.39 is 5.97 Å². The average molecular weight is 264 g/mol. The minimum absolute atomic E-state index is 0.0364. The summed E-state index contributed by atoms with van der Waals surface area (Å²) in [7, 11) is 1.31. The summed E-state index contributed by atoms with van der Waals surface area (Å²) in [6, 6.07) is 5.95. The highest BCUT2D eigenvalue weighted by Crippen LogP contribution is 2.47. The van der Waals surface area contributed by atoms with Gasteiger partial charge in [0.25, 0.3) is 0 Å². The molecule has 0 spiro atoms. The summed E-state index contributed by atoms with van der Waals surface area (Å²) in [5.74, 6) is -0.452. The summed E-state index contributed by atoms with van der Waals surface area (Å²) >= 11 is 2.82. The lowest BCUT2D eigenvalue weighted by atomic mass is 10.2. The van der Waals surface area contributed by atoms with Gasteiger partial charge in [-0.2, -0.15) is 0 Å². The number of methoxy groups -OCH3 is 1. The van der Waals surface area contributed by atoms with Gasteiger partial charge in [0, 0.05) is 9.58 Å². The Bertz CT molecular complexity index is 680. The number of carbonyl (C=O) groups is 1. The molecule has 0 aromatic carbocycles. The Hall–Kier alpha value is -1.59. The Balaban J connectivity index is 2.36. The van der Waals surface area contributed by atoms with E-state index in [1.54, 1.807) is 11.3 Å². The van der Waals surface area contributed by atoms with Gasteiger partial charge in [0.1, 0.15) is 5.75 Å². The molecule has 17 heavy (non-hydrogen) atoms. The number of ether oxygens (including phenoxy) is 1. The lowest BCUT2D eigenvalue weighted by Gasteiger charge is -1.98. The first-order valence-corrected chi connectivity index (χ1v) is 6.62. The van der Waals surface area contributed by atoms with Crippen molar-refractivity contribution in [2.75, 3.05) is 7.11 Å². The molecule has 3 rings (SSSR count). The van der Waals surface area contributed by atoms with E-state index in [4.69, 9.17) is 0 Å². The van der Waals surface area contributed by atoms with Gasteiger partial charge in [-0.25, -0.2) is 4.79 Å². The second-order valence-corrected chi connectivity index (χ2v) is 5.52. The Labute approximate surface area is 105 Å². The summed E-state index contributed by atoms with van der Waals surface area (Å²) in [5, 5.41) is 12.8. The quantitative estimate of drug-likeness (QED) is 0.684. The van der Waals surface area contributed by atoms with Gasteiger partial charge in [0.2, 0.25) is 0 Å². The van der Waals surface area contributed by atoms with E-state index in [0.717, 1.165) is 20.5 Å². The van der Waals surface area contributed by atoms with Crippen LogP contribution in [0.1, 0.15) is 9.67 Å². The summed E-state index contributed by atoms with van der Waals surface area (Å²) in [6.45, 7) is 0. The molecule has 0 radical (unpaired) electrons. The first-order valence-electron chi connectivity index (χ1n) is 4.92. The van der Waals surface area contributed by atoms with Crippen molar-refractivity contribution >= 4 is 38.7 Å². The van der Waals surface area contributed by atoms with Gasteiger partial charge in [-0.1, -0.05) is 12.1 Å². The van der Waals surface area contributed by atoms with Gasteiger partial charge in [-0.05, 0) is 17.0 Å². The van der Waals surface area contributed by atoms with E-state index in [1.165, 1.54) is 18.4 Å². The molecule has 5 heteroatoms. The molecule has 1 aromatic rings. The normalized spacial score (nSPS) is 11.1. The molecule has 1 aliphatic heterocycles. The van der Waals surface area contributed by atoms with Crippen LogP contribution in [0.5, 0.6) is 5.75 Å². The minimum Gasteiger partial charge on any atom is -0.505 e. The maximum Gasteiger partial charge on any atom is 0.351 e. The molecule has 0 fully saturated rings. The molecule has 2 heterocycles. The molecule has 86 valence electrons. The van der Waals surface area contributed by atoms with Gasteiger partial charge < -0.3 is 9.84 Å². The number of fused-ring (bicyclic) bond motifs is 3. The predicted octanol–water partition coefficient (Wildman–Crippen LogP) is 3.56. The molecule has 0 saturated carbocycles. The highest BCUT2D eigenvalue weighted by molar-refractivity contribution is 7.22. The molecule has 1 aromatic heterocycles. The van der Waals surface area contributed by atoms with Gasteiger partial charge in [-0.3, -0.25) is 0 Å². The maximum absolute atomic E-state index is 11.5. The minimum atomic E-state index is -0.488. The second-order valence-electron chi connectivity index (χ2n) is 3.55. The molecule has 2 aliphatic rings. The van der Waals surface area contributed by atoms with Gasteiger partial charge in [-0.15, -0.1) is 22.7 Å². The fourth-order valence-corrected chi connectivity index (χ4v) is 3.86. The molecule has 0 saturated heterocycles. The Kier molecular flexibility index (Phi) is 2.31. The largest absolute Gasteiger partial charge is 0.505 e. The van der Waals surface area contributed by atoms with Crippen LogP contribution in [0.25, 0.3) is 20.5 Å². The van der Waals surface area contributed by atoms with Crippen LogP contribution in [-0.4, -0.2) is 18.2 Å². The number of hydrogen-bond acceptors (Lipinski definition) is 5. The average Bonchev–Trinajstić information content (AvgIpc) is 2.85. The van der Waals surface area contributed by atoms with E-state index in [-0.39, 0.29) is 10.6 Å². The summed E-state index contributed by atoms with van der Waals surface area (Å²) in [4.78, 5) is 12.7. The fraction of sp³-hybridized carbons (Fsp3) is 0.0833. The number of esters is 1. The Morgan fingerprint density at radius 1 is 1.47 bits per heavy atom. The first kappa shape index (κ1) is 10.6. The predicted molar refractivity (Wildman–Crippen MR) is 69.3 cm³/mol.